The fourth-order valence-corrected chi connectivity index (χ4v) is 3.36. The van der Waals surface area contributed by atoms with Crippen LogP contribution in [0.25, 0.3) is 0 Å². The molecule has 3 heteroatoms. The van der Waals surface area contributed by atoms with Gasteiger partial charge in [-0.15, -0.1) is 0 Å². The van der Waals surface area contributed by atoms with Crippen LogP contribution in [-0.4, -0.2) is 47.8 Å². The fraction of sp³-hybridized carbons (Fsp3) is 1.00. The topological polar surface area (TPSA) is 35.5 Å². The molecule has 1 fully saturated rings. The lowest BCUT2D eigenvalue weighted by atomic mass is 9.77. The Labute approximate surface area is 126 Å². The smallest absolute Gasteiger partial charge is 0.0613 e. The standard InChI is InChI=1S/C17H36N2O/c1-7-11-18-17(13-20)10-8-9-15(12-17)19(6)14(2)16(3,4)5/h14-15,18,20H,7-13H2,1-6H3. The summed E-state index contributed by atoms with van der Waals surface area (Å²) in [4.78, 5) is 2.54. The summed E-state index contributed by atoms with van der Waals surface area (Å²) in [7, 11) is 2.26. The van der Waals surface area contributed by atoms with Gasteiger partial charge in [0, 0.05) is 17.6 Å². The monoisotopic (exact) mass is 284 g/mol. The lowest BCUT2D eigenvalue weighted by molar-refractivity contribution is 0.0296. The second kappa shape index (κ2) is 7.24. The molecule has 0 bridgehead atoms. The number of hydrogen-bond donors (Lipinski definition) is 2. The van der Waals surface area contributed by atoms with Crippen molar-refractivity contribution >= 4 is 0 Å². The van der Waals surface area contributed by atoms with Crippen LogP contribution in [0.4, 0.5) is 0 Å². The molecule has 0 aromatic carbocycles. The van der Waals surface area contributed by atoms with E-state index in [1.165, 1.54) is 12.8 Å². The van der Waals surface area contributed by atoms with Crippen molar-refractivity contribution in [3.05, 3.63) is 0 Å². The van der Waals surface area contributed by atoms with Gasteiger partial charge < -0.3 is 15.3 Å². The lowest BCUT2D eigenvalue weighted by Crippen LogP contribution is -2.57. The molecular weight excluding hydrogens is 248 g/mol. The van der Waals surface area contributed by atoms with Crippen molar-refractivity contribution in [1.29, 1.82) is 0 Å². The predicted octanol–water partition coefficient (Wildman–Crippen LogP) is 3.03. The van der Waals surface area contributed by atoms with Crippen LogP contribution in [0.1, 0.15) is 66.7 Å². The minimum atomic E-state index is -0.0508. The van der Waals surface area contributed by atoms with Gasteiger partial charge in [-0.2, -0.15) is 0 Å². The average molecular weight is 284 g/mol. The van der Waals surface area contributed by atoms with Crippen LogP contribution in [0.5, 0.6) is 0 Å². The normalized spacial score (nSPS) is 29.7. The third-order valence-corrected chi connectivity index (χ3v) is 5.31. The van der Waals surface area contributed by atoms with E-state index in [1.54, 1.807) is 0 Å². The number of aliphatic hydroxyl groups excluding tert-OH is 1. The Balaban J connectivity index is 2.72. The first kappa shape index (κ1) is 17.9. The minimum absolute atomic E-state index is 0.0508. The molecule has 3 nitrogen and oxygen atoms in total. The van der Waals surface area contributed by atoms with Gasteiger partial charge in [0.25, 0.3) is 0 Å². The van der Waals surface area contributed by atoms with Crippen molar-refractivity contribution in [1.82, 2.24) is 10.2 Å². The summed E-state index contributed by atoms with van der Waals surface area (Å²) in [6.07, 6.45) is 5.77. The molecule has 1 aliphatic carbocycles. The molecule has 0 radical (unpaired) electrons. The molecule has 1 saturated carbocycles. The maximum absolute atomic E-state index is 9.89. The Morgan fingerprint density at radius 2 is 2.05 bits per heavy atom. The van der Waals surface area contributed by atoms with E-state index in [2.05, 4.69) is 51.9 Å². The van der Waals surface area contributed by atoms with Gasteiger partial charge in [0.05, 0.1) is 6.61 Å². The van der Waals surface area contributed by atoms with Gasteiger partial charge in [-0.25, -0.2) is 0 Å². The average Bonchev–Trinajstić information content (AvgIpc) is 2.42. The molecule has 0 aromatic heterocycles. The minimum Gasteiger partial charge on any atom is -0.394 e. The Morgan fingerprint density at radius 1 is 1.40 bits per heavy atom. The Kier molecular flexibility index (Phi) is 6.49. The number of aliphatic hydroxyl groups is 1. The molecule has 3 unspecified atom stereocenters. The van der Waals surface area contributed by atoms with Crippen molar-refractivity contribution in [2.45, 2.75) is 84.3 Å². The Hall–Kier alpha value is -0.120. The van der Waals surface area contributed by atoms with Crippen LogP contribution in [0.15, 0.2) is 0 Å². The van der Waals surface area contributed by atoms with E-state index in [4.69, 9.17) is 0 Å². The van der Waals surface area contributed by atoms with Crippen molar-refractivity contribution in [3.63, 3.8) is 0 Å². The summed E-state index contributed by atoms with van der Waals surface area (Å²) < 4.78 is 0. The highest BCUT2D eigenvalue weighted by molar-refractivity contribution is 4.97. The fourth-order valence-electron chi connectivity index (χ4n) is 3.36. The molecular formula is C17H36N2O. The molecule has 20 heavy (non-hydrogen) atoms. The van der Waals surface area contributed by atoms with Gasteiger partial charge in [0.1, 0.15) is 0 Å². The number of rotatable bonds is 6. The number of hydrogen-bond acceptors (Lipinski definition) is 3. The molecule has 0 aromatic rings. The van der Waals surface area contributed by atoms with Crippen LogP contribution in [0.2, 0.25) is 0 Å². The van der Waals surface area contributed by atoms with Gasteiger partial charge in [-0.3, -0.25) is 0 Å². The van der Waals surface area contributed by atoms with E-state index in [0.29, 0.717) is 17.5 Å². The van der Waals surface area contributed by atoms with E-state index in [0.717, 1.165) is 25.8 Å². The van der Waals surface area contributed by atoms with Crippen LogP contribution in [0, 0.1) is 5.41 Å². The highest BCUT2D eigenvalue weighted by Gasteiger charge is 2.39. The quantitative estimate of drug-likeness (QED) is 0.787. The van der Waals surface area contributed by atoms with Crippen LogP contribution in [-0.2, 0) is 0 Å². The molecule has 3 atom stereocenters. The maximum Gasteiger partial charge on any atom is 0.0613 e. The van der Waals surface area contributed by atoms with Crippen molar-refractivity contribution in [3.8, 4) is 0 Å². The molecule has 1 rings (SSSR count). The summed E-state index contributed by atoms with van der Waals surface area (Å²) in [6.45, 7) is 12.7. The molecule has 120 valence electrons. The first-order valence-electron chi connectivity index (χ1n) is 8.33. The molecule has 0 spiro atoms. The molecule has 2 N–H and O–H groups in total. The van der Waals surface area contributed by atoms with Crippen molar-refractivity contribution in [2.24, 2.45) is 5.41 Å². The largest absolute Gasteiger partial charge is 0.394 e. The van der Waals surface area contributed by atoms with Gasteiger partial charge in [0.15, 0.2) is 0 Å². The van der Waals surface area contributed by atoms with Gasteiger partial charge in [-0.1, -0.05) is 27.7 Å². The van der Waals surface area contributed by atoms with Gasteiger partial charge in [0.2, 0.25) is 0 Å². The molecule has 0 heterocycles. The van der Waals surface area contributed by atoms with Gasteiger partial charge in [-0.05, 0) is 58.0 Å². The van der Waals surface area contributed by atoms with Crippen molar-refractivity contribution < 1.29 is 5.11 Å². The second-order valence-electron chi connectivity index (χ2n) is 7.82. The third-order valence-electron chi connectivity index (χ3n) is 5.31. The zero-order valence-electron chi connectivity index (χ0n) is 14.5. The highest BCUT2D eigenvalue weighted by atomic mass is 16.3. The van der Waals surface area contributed by atoms with Crippen molar-refractivity contribution in [2.75, 3.05) is 20.2 Å². The Morgan fingerprint density at radius 3 is 2.55 bits per heavy atom. The van der Waals surface area contributed by atoms with E-state index in [1.807, 2.05) is 0 Å². The van der Waals surface area contributed by atoms with Crippen LogP contribution < -0.4 is 5.32 Å². The number of nitrogens with zero attached hydrogens (tertiary/aromatic N) is 1. The van der Waals surface area contributed by atoms with Crippen LogP contribution >= 0.6 is 0 Å². The Bertz CT molecular complexity index is 287. The number of nitrogens with one attached hydrogen (secondary N) is 1. The summed E-state index contributed by atoms with van der Waals surface area (Å²) in [5.74, 6) is 0. The summed E-state index contributed by atoms with van der Waals surface area (Å²) in [5, 5.41) is 13.5. The SMILES string of the molecule is CCCNC1(CO)CCCC(N(C)C(C)C(C)(C)C)C1. The summed E-state index contributed by atoms with van der Waals surface area (Å²) in [6, 6.07) is 1.13. The zero-order valence-corrected chi connectivity index (χ0v) is 14.5. The summed E-state index contributed by atoms with van der Waals surface area (Å²) >= 11 is 0. The second-order valence-corrected chi connectivity index (χ2v) is 7.82. The third kappa shape index (κ3) is 4.44. The molecule has 1 aliphatic rings. The molecule has 0 saturated heterocycles. The van der Waals surface area contributed by atoms with E-state index >= 15 is 0 Å². The zero-order chi connectivity index (χ0) is 15.4. The highest BCUT2D eigenvalue weighted by Crippen LogP contribution is 2.34. The lowest BCUT2D eigenvalue weighted by Gasteiger charge is -2.47. The van der Waals surface area contributed by atoms with Crippen LogP contribution in [0.3, 0.4) is 0 Å². The first-order valence-corrected chi connectivity index (χ1v) is 8.33. The van der Waals surface area contributed by atoms with Gasteiger partial charge >= 0.3 is 0 Å². The first-order chi connectivity index (χ1) is 9.25. The van der Waals surface area contributed by atoms with E-state index in [-0.39, 0.29) is 12.1 Å². The maximum atomic E-state index is 9.89. The summed E-state index contributed by atoms with van der Waals surface area (Å²) in [5.41, 5.74) is 0.246. The molecule has 0 amide bonds. The predicted molar refractivity (Wildman–Crippen MR) is 87.0 cm³/mol. The van der Waals surface area contributed by atoms with E-state index < -0.39 is 0 Å². The van der Waals surface area contributed by atoms with E-state index in [9.17, 15) is 5.11 Å². The molecule has 0 aliphatic heterocycles.